The van der Waals surface area contributed by atoms with E-state index >= 15 is 0 Å². The van der Waals surface area contributed by atoms with Crippen molar-refractivity contribution in [2.75, 3.05) is 0 Å². The monoisotopic (exact) mass is 267 g/mol. The summed E-state index contributed by atoms with van der Waals surface area (Å²) in [6, 6.07) is 5.13. The second-order valence-corrected chi connectivity index (χ2v) is 4.12. The zero-order valence-corrected chi connectivity index (χ0v) is 10.7. The van der Waals surface area contributed by atoms with Crippen LogP contribution in [0.2, 0.25) is 0 Å². The van der Waals surface area contributed by atoms with Crippen molar-refractivity contribution in [3.63, 3.8) is 0 Å². The van der Waals surface area contributed by atoms with Gasteiger partial charge in [0, 0.05) is 12.5 Å². The molecule has 98 valence electrons. The molecule has 0 amide bonds. The van der Waals surface area contributed by atoms with Crippen molar-refractivity contribution in [3.05, 3.63) is 34.9 Å². The van der Waals surface area contributed by atoms with E-state index in [4.69, 9.17) is 5.73 Å². The maximum atomic E-state index is 12.1. The van der Waals surface area contributed by atoms with E-state index < -0.39 is 18.6 Å². The molecule has 17 heavy (non-hydrogen) atoms. The molecular formula is C12H17ClF3N. The first-order valence-corrected chi connectivity index (χ1v) is 5.19. The van der Waals surface area contributed by atoms with Crippen molar-refractivity contribution in [1.82, 2.24) is 0 Å². The molecule has 0 aliphatic heterocycles. The van der Waals surface area contributed by atoms with Crippen molar-refractivity contribution in [2.45, 2.75) is 38.9 Å². The lowest BCUT2D eigenvalue weighted by atomic mass is 9.96. The molecule has 0 fully saturated rings. The molecule has 0 aliphatic carbocycles. The molecule has 0 saturated heterocycles. The van der Waals surface area contributed by atoms with Crippen molar-refractivity contribution in [3.8, 4) is 0 Å². The topological polar surface area (TPSA) is 26.0 Å². The summed E-state index contributed by atoms with van der Waals surface area (Å²) in [6.07, 6.45) is -5.02. The fourth-order valence-electron chi connectivity index (χ4n) is 1.63. The van der Waals surface area contributed by atoms with Gasteiger partial charge < -0.3 is 5.73 Å². The van der Waals surface area contributed by atoms with E-state index in [1.165, 1.54) is 0 Å². The van der Waals surface area contributed by atoms with Crippen LogP contribution in [0.1, 0.15) is 35.6 Å². The van der Waals surface area contributed by atoms with Gasteiger partial charge in [0.1, 0.15) is 0 Å². The number of halogens is 4. The maximum Gasteiger partial charge on any atom is 0.389 e. The zero-order chi connectivity index (χ0) is 12.3. The first-order valence-electron chi connectivity index (χ1n) is 5.19. The Kier molecular flexibility index (Phi) is 5.99. The second kappa shape index (κ2) is 6.26. The Bertz CT molecular complexity index is 363. The van der Waals surface area contributed by atoms with Crippen molar-refractivity contribution in [1.29, 1.82) is 0 Å². The van der Waals surface area contributed by atoms with Crippen LogP contribution in [-0.2, 0) is 0 Å². The Hall–Kier alpha value is -0.740. The smallest absolute Gasteiger partial charge is 0.324 e. The highest BCUT2D eigenvalue weighted by Gasteiger charge is 2.28. The molecule has 0 saturated carbocycles. The van der Waals surface area contributed by atoms with Gasteiger partial charge in [-0.05, 0) is 31.4 Å². The van der Waals surface area contributed by atoms with E-state index in [2.05, 4.69) is 0 Å². The Labute approximate surface area is 106 Å². The van der Waals surface area contributed by atoms with Crippen LogP contribution >= 0.6 is 12.4 Å². The minimum atomic E-state index is -4.13. The van der Waals surface area contributed by atoms with Crippen LogP contribution in [-0.4, -0.2) is 6.18 Å². The first-order chi connectivity index (χ1) is 7.29. The number of benzene rings is 1. The quantitative estimate of drug-likeness (QED) is 0.878. The third-order valence-corrected chi connectivity index (χ3v) is 2.57. The number of rotatable bonds is 3. The number of hydrogen-bond acceptors (Lipinski definition) is 1. The number of nitrogens with two attached hydrogens (primary N) is 1. The van der Waals surface area contributed by atoms with E-state index in [0.717, 1.165) is 16.7 Å². The van der Waals surface area contributed by atoms with Crippen molar-refractivity contribution in [2.24, 2.45) is 5.73 Å². The molecule has 0 unspecified atom stereocenters. The number of aryl methyl sites for hydroxylation is 2. The lowest BCUT2D eigenvalue weighted by molar-refractivity contribution is -0.136. The van der Waals surface area contributed by atoms with Crippen LogP contribution < -0.4 is 5.73 Å². The minimum absolute atomic E-state index is 0. The summed E-state index contributed by atoms with van der Waals surface area (Å²) < 4.78 is 36.2. The molecule has 0 bridgehead atoms. The fourth-order valence-corrected chi connectivity index (χ4v) is 1.63. The van der Waals surface area contributed by atoms with E-state index in [1.807, 2.05) is 32.0 Å². The van der Waals surface area contributed by atoms with Gasteiger partial charge in [0.15, 0.2) is 0 Å². The second-order valence-electron chi connectivity index (χ2n) is 4.12. The molecule has 1 nitrogen and oxygen atoms in total. The van der Waals surface area contributed by atoms with Crippen molar-refractivity contribution >= 4 is 12.4 Å². The third-order valence-electron chi connectivity index (χ3n) is 2.57. The highest BCUT2D eigenvalue weighted by atomic mass is 35.5. The van der Waals surface area contributed by atoms with E-state index in [1.54, 1.807) is 0 Å². The molecule has 1 aromatic rings. The predicted octanol–water partition coefficient (Wildman–Crippen LogP) is 4.07. The first kappa shape index (κ1) is 16.3. The highest BCUT2D eigenvalue weighted by Crippen LogP contribution is 2.27. The molecule has 0 aliphatic rings. The van der Waals surface area contributed by atoms with Crippen LogP contribution in [0.4, 0.5) is 13.2 Å². The summed E-state index contributed by atoms with van der Waals surface area (Å²) in [6.45, 7) is 3.77. The van der Waals surface area contributed by atoms with Gasteiger partial charge >= 0.3 is 6.18 Å². The van der Waals surface area contributed by atoms with Gasteiger partial charge in [0.25, 0.3) is 0 Å². The van der Waals surface area contributed by atoms with E-state index in [9.17, 15) is 13.2 Å². The normalized spacial score (nSPS) is 13.1. The van der Waals surface area contributed by atoms with Crippen LogP contribution in [0.25, 0.3) is 0 Å². The Morgan fingerprint density at radius 2 is 1.82 bits per heavy atom. The largest absolute Gasteiger partial charge is 0.389 e. The summed E-state index contributed by atoms with van der Waals surface area (Å²) in [7, 11) is 0. The molecule has 1 rings (SSSR count). The third kappa shape index (κ3) is 5.41. The van der Waals surface area contributed by atoms with Gasteiger partial charge in [-0.15, -0.1) is 12.4 Å². The molecule has 2 N–H and O–H groups in total. The van der Waals surface area contributed by atoms with E-state index in [-0.39, 0.29) is 18.8 Å². The highest BCUT2D eigenvalue weighted by molar-refractivity contribution is 5.85. The minimum Gasteiger partial charge on any atom is -0.324 e. The molecular weight excluding hydrogens is 251 g/mol. The maximum absolute atomic E-state index is 12.1. The number of hydrogen-bond donors (Lipinski definition) is 1. The fraction of sp³-hybridized carbons (Fsp3) is 0.500. The molecule has 0 radical (unpaired) electrons. The van der Waals surface area contributed by atoms with Gasteiger partial charge in [-0.3, -0.25) is 0 Å². The van der Waals surface area contributed by atoms with Crippen LogP contribution in [0.3, 0.4) is 0 Å². The van der Waals surface area contributed by atoms with Gasteiger partial charge in [0.2, 0.25) is 0 Å². The standard InChI is InChI=1S/C12H16F3N.ClH/c1-8-3-4-9(2)10(7-8)11(16)5-6-12(13,14)15;/h3-4,7,11H,5-6,16H2,1-2H3;1H/t11-;/m1./s1. The SMILES string of the molecule is Cc1ccc(C)c([C@H](N)CCC(F)(F)F)c1.Cl. The molecule has 0 aromatic heterocycles. The Morgan fingerprint density at radius 3 is 2.35 bits per heavy atom. The van der Waals surface area contributed by atoms with Crippen LogP contribution in [0.5, 0.6) is 0 Å². The Morgan fingerprint density at radius 1 is 1.24 bits per heavy atom. The lowest BCUT2D eigenvalue weighted by Crippen LogP contribution is -2.16. The summed E-state index contributed by atoms with van der Waals surface area (Å²) >= 11 is 0. The summed E-state index contributed by atoms with van der Waals surface area (Å²) in [4.78, 5) is 0. The molecule has 1 atom stereocenters. The molecule has 5 heteroatoms. The van der Waals surface area contributed by atoms with Gasteiger partial charge in [-0.25, -0.2) is 0 Å². The molecule has 0 heterocycles. The molecule has 1 aromatic carbocycles. The average molecular weight is 268 g/mol. The summed E-state index contributed by atoms with van der Waals surface area (Å²) in [5.74, 6) is 0. The van der Waals surface area contributed by atoms with Gasteiger partial charge in [-0.2, -0.15) is 13.2 Å². The zero-order valence-electron chi connectivity index (χ0n) is 9.84. The summed E-state index contributed by atoms with van der Waals surface area (Å²) in [5.41, 5.74) is 8.54. The van der Waals surface area contributed by atoms with Gasteiger partial charge in [-0.1, -0.05) is 23.8 Å². The summed E-state index contributed by atoms with van der Waals surface area (Å²) in [5, 5.41) is 0. The number of alkyl halides is 3. The average Bonchev–Trinajstić information content (AvgIpc) is 2.17. The van der Waals surface area contributed by atoms with Gasteiger partial charge in [0.05, 0.1) is 0 Å². The predicted molar refractivity (Wildman–Crippen MR) is 65.4 cm³/mol. The van der Waals surface area contributed by atoms with Crippen LogP contribution in [0.15, 0.2) is 18.2 Å². The van der Waals surface area contributed by atoms with Crippen LogP contribution in [0, 0.1) is 13.8 Å². The van der Waals surface area contributed by atoms with Crippen molar-refractivity contribution < 1.29 is 13.2 Å². The molecule has 0 spiro atoms. The lowest BCUT2D eigenvalue weighted by Gasteiger charge is -2.16. The Balaban J connectivity index is 0.00000256. The van der Waals surface area contributed by atoms with E-state index in [0.29, 0.717) is 0 Å².